The SMILES string of the molecule is CCNc1cc(C)ccc1C(=O)NC1CCC(C)C1C. The van der Waals surface area contributed by atoms with Crippen LogP contribution in [0, 0.1) is 18.8 Å². The summed E-state index contributed by atoms with van der Waals surface area (Å²) in [5.74, 6) is 1.31. The number of carbonyl (C=O) groups excluding carboxylic acids is 1. The summed E-state index contributed by atoms with van der Waals surface area (Å²) in [4.78, 5) is 12.5. The van der Waals surface area contributed by atoms with Gasteiger partial charge in [-0.15, -0.1) is 0 Å². The maximum atomic E-state index is 12.5. The number of hydrogen-bond acceptors (Lipinski definition) is 2. The molecular weight excluding hydrogens is 248 g/mol. The van der Waals surface area contributed by atoms with E-state index in [2.05, 4.69) is 24.5 Å². The van der Waals surface area contributed by atoms with Crippen LogP contribution in [-0.4, -0.2) is 18.5 Å². The van der Waals surface area contributed by atoms with E-state index in [0.717, 1.165) is 24.2 Å². The van der Waals surface area contributed by atoms with Crippen LogP contribution in [0.15, 0.2) is 18.2 Å². The first-order chi connectivity index (χ1) is 9.52. The van der Waals surface area contributed by atoms with Gasteiger partial charge in [0.05, 0.1) is 5.56 Å². The molecule has 2 N–H and O–H groups in total. The Morgan fingerprint density at radius 2 is 2.05 bits per heavy atom. The molecule has 0 saturated heterocycles. The van der Waals surface area contributed by atoms with Crippen molar-refractivity contribution in [3.63, 3.8) is 0 Å². The third-order valence-electron chi connectivity index (χ3n) is 4.57. The number of amides is 1. The number of anilines is 1. The summed E-state index contributed by atoms with van der Waals surface area (Å²) in [7, 11) is 0. The van der Waals surface area contributed by atoms with Gasteiger partial charge in [-0.1, -0.05) is 19.9 Å². The molecule has 3 unspecified atom stereocenters. The maximum absolute atomic E-state index is 12.5. The van der Waals surface area contributed by atoms with Crippen molar-refractivity contribution in [2.45, 2.75) is 46.6 Å². The van der Waals surface area contributed by atoms with E-state index >= 15 is 0 Å². The van der Waals surface area contributed by atoms with Gasteiger partial charge in [-0.3, -0.25) is 4.79 Å². The smallest absolute Gasteiger partial charge is 0.253 e. The Kier molecular flexibility index (Phi) is 4.69. The second-order valence-electron chi connectivity index (χ2n) is 6.07. The van der Waals surface area contributed by atoms with E-state index in [1.165, 1.54) is 12.0 Å². The zero-order valence-corrected chi connectivity index (χ0v) is 13.0. The first-order valence-electron chi connectivity index (χ1n) is 7.68. The van der Waals surface area contributed by atoms with Crippen LogP contribution in [0.3, 0.4) is 0 Å². The molecule has 1 fully saturated rings. The quantitative estimate of drug-likeness (QED) is 0.881. The van der Waals surface area contributed by atoms with Gasteiger partial charge in [0.2, 0.25) is 0 Å². The van der Waals surface area contributed by atoms with Gasteiger partial charge in [0.1, 0.15) is 0 Å². The molecule has 0 aliphatic heterocycles. The summed E-state index contributed by atoms with van der Waals surface area (Å²) in [6.07, 6.45) is 2.30. The molecule has 1 amide bonds. The van der Waals surface area contributed by atoms with Gasteiger partial charge in [0.25, 0.3) is 5.91 Å². The molecule has 0 heterocycles. The molecule has 0 bridgehead atoms. The van der Waals surface area contributed by atoms with Gasteiger partial charge < -0.3 is 10.6 Å². The Labute approximate surface area is 122 Å². The predicted octanol–water partition coefficient (Wildman–Crippen LogP) is 3.59. The van der Waals surface area contributed by atoms with E-state index in [1.807, 2.05) is 32.0 Å². The number of aryl methyl sites for hydroxylation is 1. The fourth-order valence-corrected chi connectivity index (χ4v) is 3.01. The standard InChI is InChI=1S/C17H26N2O/c1-5-18-16-10-11(2)6-8-14(16)17(20)19-15-9-7-12(3)13(15)4/h6,8,10,12-13,15,18H,5,7,9H2,1-4H3,(H,19,20). The lowest BCUT2D eigenvalue weighted by molar-refractivity contribution is 0.0928. The average molecular weight is 274 g/mol. The Hall–Kier alpha value is -1.51. The molecular formula is C17H26N2O. The van der Waals surface area contributed by atoms with Crippen LogP contribution < -0.4 is 10.6 Å². The Balaban J connectivity index is 2.13. The molecule has 1 aromatic rings. The van der Waals surface area contributed by atoms with Crippen molar-refractivity contribution in [2.24, 2.45) is 11.8 Å². The molecule has 3 nitrogen and oxygen atoms in total. The van der Waals surface area contributed by atoms with Gasteiger partial charge in [-0.05, 0) is 56.2 Å². The minimum absolute atomic E-state index is 0.0481. The lowest BCUT2D eigenvalue weighted by Gasteiger charge is -2.21. The highest BCUT2D eigenvalue weighted by Crippen LogP contribution is 2.31. The van der Waals surface area contributed by atoms with Crippen molar-refractivity contribution >= 4 is 11.6 Å². The fourth-order valence-electron chi connectivity index (χ4n) is 3.01. The van der Waals surface area contributed by atoms with Crippen LogP contribution in [0.25, 0.3) is 0 Å². The molecule has 1 saturated carbocycles. The van der Waals surface area contributed by atoms with Gasteiger partial charge in [-0.2, -0.15) is 0 Å². The summed E-state index contributed by atoms with van der Waals surface area (Å²) in [6.45, 7) is 9.42. The van der Waals surface area contributed by atoms with Crippen LogP contribution in [0.2, 0.25) is 0 Å². The zero-order valence-electron chi connectivity index (χ0n) is 13.0. The second-order valence-corrected chi connectivity index (χ2v) is 6.07. The van der Waals surface area contributed by atoms with E-state index in [1.54, 1.807) is 0 Å². The molecule has 1 aromatic carbocycles. The number of hydrogen-bond donors (Lipinski definition) is 2. The second kappa shape index (κ2) is 6.29. The predicted molar refractivity (Wildman–Crippen MR) is 84.2 cm³/mol. The van der Waals surface area contributed by atoms with Crippen molar-refractivity contribution in [3.05, 3.63) is 29.3 Å². The summed E-state index contributed by atoms with van der Waals surface area (Å²) in [5, 5.41) is 6.50. The first-order valence-corrected chi connectivity index (χ1v) is 7.68. The summed E-state index contributed by atoms with van der Waals surface area (Å²) in [5.41, 5.74) is 2.85. The highest BCUT2D eigenvalue weighted by Gasteiger charge is 2.31. The summed E-state index contributed by atoms with van der Waals surface area (Å²) in [6, 6.07) is 6.27. The first kappa shape index (κ1) is 14.9. The maximum Gasteiger partial charge on any atom is 0.253 e. The van der Waals surface area contributed by atoms with Crippen LogP contribution in [0.5, 0.6) is 0 Å². The topological polar surface area (TPSA) is 41.1 Å². The van der Waals surface area contributed by atoms with Gasteiger partial charge >= 0.3 is 0 Å². The van der Waals surface area contributed by atoms with Gasteiger partial charge in [0.15, 0.2) is 0 Å². The molecule has 1 aliphatic carbocycles. The molecule has 1 aliphatic rings. The molecule has 3 heteroatoms. The number of rotatable bonds is 4. The van der Waals surface area contributed by atoms with E-state index in [9.17, 15) is 4.79 Å². The van der Waals surface area contributed by atoms with Crippen LogP contribution in [0.1, 0.15) is 49.5 Å². The third kappa shape index (κ3) is 3.14. The monoisotopic (exact) mass is 274 g/mol. The molecule has 2 rings (SSSR count). The molecule has 0 spiro atoms. The number of benzene rings is 1. The zero-order chi connectivity index (χ0) is 14.7. The van der Waals surface area contributed by atoms with Crippen molar-refractivity contribution < 1.29 is 4.79 Å². The van der Waals surface area contributed by atoms with Crippen molar-refractivity contribution in [2.75, 3.05) is 11.9 Å². The Morgan fingerprint density at radius 1 is 1.30 bits per heavy atom. The molecule has 3 atom stereocenters. The third-order valence-corrected chi connectivity index (χ3v) is 4.57. The van der Waals surface area contributed by atoms with Crippen molar-refractivity contribution in [1.82, 2.24) is 5.32 Å². The average Bonchev–Trinajstić information content (AvgIpc) is 2.71. The summed E-state index contributed by atoms with van der Waals surface area (Å²) >= 11 is 0. The largest absolute Gasteiger partial charge is 0.385 e. The van der Waals surface area contributed by atoms with E-state index in [-0.39, 0.29) is 5.91 Å². The van der Waals surface area contributed by atoms with Crippen LogP contribution in [-0.2, 0) is 0 Å². The summed E-state index contributed by atoms with van der Waals surface area (Å²) < 4.78 is 0. The normalized spacial score (nSPS) is 25.5. The van der Waals surface area contributed by atoms with E-state index in [4.69, 9.17) is 0 Å². The minimum atomic E-state index is 0.0481. The van der Waals surface area contributed by atoms with Crippen molar-refractivity contribution in [1.29, 1.82) is 0 Å². The van der Waals surface area contributed by atoms with Gasteiger partial charge in [0, 0.05) is 18.3 Å². The fraction of sp³-hybridized carbons (Fsp3) is 0.588. The molecule has 0 aromatic heterocycles. The van der Waals surface area contributed by atoms with Crippen LogP contribution >= 0.6 is 0 Å². The number of carbonyl (C=O) groups is 1. The molecule has 20 heavy (non-hydrogen) atoms. The highest BCUT2D eigenvalue weighted by molar-refractivity contribution is 6.00. The number of nitrogens with one attached hydrogen (secondary N) is 2. The van der Waals surface area contributed by atoms with Crippen LogP contribution in [0.4, 0.5) is 5.69 Å². The minimum Gasteiger partial charge on any atom is -0.385 e. The van der Waals surface area contributed by atoms with Gasteiger partial charge in [-0.25, -0.2) is 0 Å². The lowest BCUT2D eigenvalue weighted by Crippen LogP contribution is -2.37. The Morgan fingerprint density at radius 3 is 2.65 bits per heavy atom. The van der Waals surface area contributed by atoms with Crippen molar-refractivity contribution in [3.8, 4) is 0 Å². The molecule has 0 radical (unpaired) electrons. The lowest BCUT2D eigenvalue weighted by atomic mass is 9.97. The molecule has 110 valence electrons. The Bertz CT molecular complexity index is 484. The highest BCUT2D eigenvalue weighted by atomic mass is 16.1. The van der Waals surface area contributed by atoms with E-state index < -0.39 is 0 Å². The van der Waals surface area contributed by atoms with E-state index in [0.29, 0.717) is 17.9 Å².